The third kappa shape index (κ3) is 4.37. The second-order valence-corrected chi connectivity index (χ2v) is 2.01. The van der Waals surface area contributed by atoms with Crippen LogP contribution in [-0.2, 0) is 16.3 Å². The Morgan fingerprint density at radius 3 is 2.60 bits per heavy atom. The van der Waals surface area contributed by atoms with Crippen molar-refractivity contribution >= 4 is 25.2 Å². The summed E-state index contributed by atoms with van der Waals surface area (Å²) < 4.78 is 0. The zero-order valence-electron chi connectivity index (χ0n) is 5.56. The Balaban J connectivity index is 0.000000371. The molecule has 1 nitrogen and oxygen atoms in total. The number of hydrogen-bond acceptors (Lipinski definition) is 1. The Labute approximate surface area is 82.2 Å². The number of nitrogens with zero attached hydrogens (tertiary/aromatic N) is 1. The zero-order chi connectivity index (χ0) is 7.98. The number of rotatable bonds is 0. The fourth-order valence-electron chi connectivity index (χ4n) is 0.465. The van der Waals surface area contributed by atoms with Crippen LogP contribution in [0.4, 0.5) is 0 Å². The first-order chi connectivity index (χ1) is 4.79. The van der Waals surface area contributed by atoms with Crippen molar-refractivity contribution in [1.82, 2.24) is 4.98 Å². The molecule has 0 aromatic carbocycles. The van der Waals surface area contributed by atoms with Gasteiger partial charge in [-0.1, -0.05) is 24.3 Å². The van der Waals surface area contributed by atoms with E-state index in [1.807, 2.05) is 13.0 Å². The van der Waals surface area contributed by atoms with Crippen LogP contribution in [-0.4, -0.2) is 4.98 Å². The van der Waals surface area contributed by atoms with Gasteiger partial charge in [-0.2, -0.15) is 0 Å². The Kier molecular flexibility index (Phi) is 6.61. The quantitative estimate of drug-likeness (QED) is 0.522. The van der Waals surface area contributed by atoms with Gasteiger partial charge in [0.15, 0.2) is 0 Å². The van der Waals surface area contributed by atoms with Gasteiger partial charge in [0.1, 0.15) is 0 Å². The maximum absolute atomic E-state index is 5.53. The first kappa shape index (κ1) is 10.5. The van der Waals surface area contributed by atoms with E-state index >= 15 is 0 Å². The van der Waals surface area contributed by atoms with Crippen molar-refractivity contribution < 1.29 is 16.3 Å². The van der Waals surface area contributed by atoms with E-state index in [9.17, 15) is 0 Å². The van der Waals surface area contributed by atoms with Gasteiger partial charge in [-0.3, -0.25) is 0 Å². The van der Waals surface area contributed by atoms with Crippen LogP contribution in [0.5, 0.6) is 0 Å². The molecule has 0 aliphatic rings. The molecular formula is C6H5BrClNZn. The molecule has 1 rings (SSSR count). The molecule has 0 fully saturated rings. The average molecular weight is 272 g/mol. The van der Waals surface area contributed by atoms with E-state index in [1.165, 1.54) is 16.3 Å². The van der Waals surface area contributed by atoms with E-state index < -0.39 is 0 Å². The summed E-state index contributed by atoms with van der Waals surface area (Å²) in [5.41, 5.74) is 1.06. The summed E-state index contributed by atoms with van der Waals surface area (Å²) in [6, 6.07) is 1.81. The zero-order valence-corrected chi connectivity index (χ0v) is 10.9. The second kappa shape index (κ2) is 6.27. The molecule has 10 heavy (non-hydrogen) atoms. The van der Waals surface area contributed by atoms with Crippen LogP contribution in [0.2, 0.25) is 5.02 Å². The van der Waals surface area contributed by atoms with E-state index in [-0.39, 0.29) is 0 Å². The van der Waals surface area contributed by atoms with Crippen molar-refractivity contribution in [2.45, 2.75) is 6.92 Å². The second-order valence-electron chi connectivity index (χ2n) is 1.61. The van der Waals surface area contributed by atoms with Crippen molar-refractivity contribution in [3.63, 3.8) is 0 Å². The monoisotopic (exact) mass is 269 g/mol. The van der Waals surface area contributed by atoms with Crippen LogP contribution in [0.15, 0.2) is 12.3 Å². The molecule has 0 radical (unpaired) electrons. The van der Waals surface area contributed by atoms with E-state index in [2.05, 4.69) is 24.8 Å². The molecule has 0 aliphatic heterocycles. The van der Waals surface area contributed by atoms with Crippen LogP contribution < -0.4 is 0 Å². The third-order valence-corrected chi connectivity index (χ3v) is 0.988. The van der Waals surface area contributed by atoms with Crippen molar-refractivity contribution in [3.8, 4) is 0 Å². The maximum atomic E-state index is 5.53. The van der Waals surface area contributed by atoms with Gasteiger partial charge in [-0.25, -0.2) is 0 Å². The van der Waals surface area contributed by atoms with Gasteiger partial charge < -0.3 is 4.98 Å². The molecule has 1 aromatic rings. The molecule has 0 N–H and O–H groups in total. The van der Waals surface area contributed by atoms with E-state index in [1.54, 1.807) is 6.20 Å². The number of pyridine rings is 1. The van der Waals surface area contributed by atoms with Gasteiger partial charge >= 0.3 is 30.0 Å². The topological polar surface area (TPSA) is 12.9 Å². The Hall–Kier alpha value is 0.543. The van der Waals surface area contributed by atoms with Gasteiger partial charge in [0.2, 0.25) is 0 Å². The molecular weight excluding hydrogens is 267 g/mol. The van der Waals surface area contributed by atoms with Crippen LogP contribution in [0, 0.1) is 13.1 Å². The van der Waals surface area contributed by atoms with Gasteiger partial charge in [0.05, 0.1) is 0 Å². The summed E-state index contributed by atoms with van der Waals surface area (Å²) in [4.78, 5) is 3.73. The molecule has 0 aliphatic carbocycles. The molecule has 0 amide bonds. The Bertz CT molecular complexity index is 178. The summed E-state index contributed by atoms with van der Waals surface area (Å²) >= 11 is 9.78. The van der Waals surface area contributed by atoms with Crippen molar-refractivity contribution in [2.75, 3.05) is 0 Å². The molecule has 0 unspecified atom stereocenters. The SMILES string of the molecule is Cc1cn[c-]c(Cl)c1.[Zn+][Br]. The van der Waals surface area contributed by atoms with Crippen molar-refractivity contribution in [3.05, 3.63) is 29.0 Å². The van der Waals surface area contributed by atoms with Gasteiger partial charge in [-0.05, 0) is 0 Å². The molecule has 0 bridgehead atoms. The van der Waals surface area contributed by atoms with E-state index in [4.69, 9.17) is 11.6 Å². The van der Waals surface area contributed by atoms with E-state index in [0.29, 0.717) is 5.02 Å². The summed E-state index contributed by atoms with van der Waals surface area (Å²) in [5.74, 6) is 0. The number of halogens is 2. The predicted octanol–water partition coefficient (Wildman–Crippen LogP) is 2.69. The van der Waals surface area contributed by atoms with Gasteiger partial charge in [0, 0.05) is 0 Å². The minimum atomic E-state index is 0.574. The van der Waals surface area contributed by atoms with Gasteiger partial charge in [0.25, 0.3) is 0 Å². The molecule has 1 aromatic heterocycles. The molecule has 1 heterocycles. The summed E-state index contributed by atoms with van der Waals surface area (Å²) in [5, 5.41) is 0.574. The summed E-state index contributed by atoms with van der Waals surface area (Å²) in [7, 11) is 0. The van der Waals surface area contributed by atoms with Crippen molar-refractivity contribution in [2.24, 2.45) is 0 Å². The van der Waals surface area contributed by atoms with Crippen LogP contribution in [0.3, 0.4) is 0 Å². The number of aromatic nitrogens is 1. The fraction of sp³-hybridized carbons (Fsp3) is 0.167. The fourth-order valence-corrected chi connectivity index (χ4v) is 0.686. The van der Waals surface area contributed by atoms with Gasteiger partial charge in [-0.15, -0.1) is 23.2 Å². The van der Waals surface area contributed by atoms with Crippen molar-refractivity contribution in [1.29, 1.82) is 0 Å². The third-order valence-electron chi connectivity index (χ3n) is 0.794. The minimum absolute atomic E-state index is 0.574. The summed E-state index contributed by atoms with van der Waals surface area (Å²) in [6.07, 6.45) is 4.30. The predicted molar refractivity (Wildman–Crippen MR) is 41.7 cm³/mol. The van der Waals surface area contributed by atoms with Crippen LogP contribution in [0.25, 0.3) is 0 Å². The summed E-state index contributed by atoms with van der Waals surface area (Å²) in [6.45, 7) is 1.94. The molecule has 0 atom stereocenters. The molecule has 0 saturated heterocycles. The Morgan fingerprint density at radius 1 is 1.70 bits per heavy atom. The Morgan fingerprint density at radius 2 is 2.30 bits per heavy atom. The molecule has 0 spiro atoms. The van der Waals surface area contributed by atoms with E-state index in [0.717, 1.165) is 5.56 Å². The standard InChI is InChI=1S/C6H5ClN.BrH.Zn/c1-5-2-6(7)4-8-3-5;;/h2-3H,1H3;1H;/q-1;;+2/p-1. The van der Waals surface area contributed by atoms with Crippen LogP contribution in [0.1, 0.15) is 5.56 Å². The van der Waals surface area contributed by atoms with Crippen LogP contribution >= 0.6 is 25.2 Å². The first-order valence-electron chi connectivity index (χ1n) is 2.55. The molecule has 0 saturated carbocycles. The molecule has 4 heteroatoms. The normalized spacial score (nSPS) is 8.10. The number of hydrogen-bond donors (Lipinski definition) is 0. The molecule has 50 valence electrons. The number of aryl methyl sites for hydroxylation is 1. The average Bonchev–Trinajstić information content (AvgIpc) is 1.91. The first-order valence-corrected chi connectivity index (χ1v) is 9.88.